The van der Waals surface area contributed by atoms with Gasteiger partial charge in [0.2, 0.25) is 0 Å². The SMILES string of the molecule is CCCN(CCC)c1cc(N)c(N)cn1. The molecule has 4 heteroatoms. The molecule has 0 saturated carbocycles. The van der Waals surface area contributed by atoms with Crippen molar-refractivity contribution in [3.05, 3.63) is 12.3 Å². The average molecular weight is 208 g/mol. The fourth-order valence-electron chi connectivity index (χ4n) is 1.52. The maximum atomic E-state index is 5.76. The molecular weight excluding hydrogens is 188 g/mol. The second kappa shape index (κ2) is 5.44. The van der Waals surface area contributed by atoms with E-state index in [1.54, 1.807) is 6.20 Å². The lowest BCUT2D eigenvalue weighted by molar-refractivity contribution is 0.735. The van der Waals surface area contributed by atoms with Crippen molar-refractivity contribution in [3.63, 3.8) is 0 Å². The van der Waals surface area contributed by atoms with Crippen molar-refractivity contribution in [2.75, 3.05) is 29.5 Å². The summed E-state index contributed by atoms with van der Waals surface area (Å²) >= 11 is 0. The minimum absolute atomic E-state index is 0.548. The fraction of sp³-hybridized carbons (Fsp3) is 0.545. The average Bonchev–Trinajstić information content (AvgIpc) is 2.22. The van der Waals surface area contributed by atoms with Gasteiger partial charge >= 0.3 is 0 Å². The van der Waals surface area contributed by atoms with Crippen LogP contribution >= 0.6 is 0 Å². The van der Waals surface area contributed by atoms with Gasteiger partial charge < -0.3 is 16.4 Å². The van der Waals surface area contributed by atoms with Gasteiger partial charge in [-0.15, -0.1) is 0 Å². The Morgan fingerprint density at radius 2 is 1.73 bits per heavy atom. The van der Waals surface area contributed by atoms with E-state index in [0.29, 0.717) is 11.4 Å². The number of anilines is 3. The third kappa shape index (κ3) is 3.01. The van der Waals surface area contributed by atoms with Crippen molar-refractivity contribution < 1.29 is 0 Å². The molecule has 0 atom stereocenters. The number of nitrogen functional groups attached to an aromatic ring is 2. The van der Waals surface area contributed by atoms with E-state index >= 15 is 0 Å². The molecule has 1 rings (SSSR count). The zero-order chi connectivity index (χ0) is 11.3. The molecule has 4 N–H and O–H groups in total. The lowest BCUT2D eigenvalue weighted by Crippen LogP contribution is -2.25. The van der Waals surface area contributed by atoms with Crippen molar-refractivity contribution in [2.45, 2.75) is 26.7 Å². The summed E-state index contributed by atoms with van der Waals surface area (Å²) in [6.45, 7) is 6.32. The number of nitrogens with two attached hydrogens (primary N) is 2. The summed E-state index contributed by atoms with van der Waals surface area (Å²) in [6, 6.07) is 1.85. The van der Waals surface area contributed by atoms with Gasteiger partial charge in [-0.05, 0) is 12.8 Å². The Morgan fingerprint density at radius 1 is 1.13 bits per heavy atom. The Balaban J connectivity index is 2.85. The van der Waals surface area contributed by atoms with Gasteiger partial charge in [0.25, 0.3) is 0 Å². The number of hydrogen-bond donors (Lipinski definition) is 2. The molecule has 0 radical (unpaired) electrons. The number of pyridine rings is 1. The first-order chi connectivity index (χ1) is 7.19. The van der Waals surface area contributed by atoms with Crippen LogP contribution in [0.5, 0.6) is 0 Å². The first-order valence-corrected chi connectivity index (χ1v) is 5.45. The Hall–Kier alpha value is -1.45. The van der Waals surface area contributed by atoms with Gasteiger partial charge in [-0.1, -0.05) is 13.8 Å². The summed E-state index contributed by atoms with van der Waals surface area (Å²) in [5.41, 5.74) is 12.5. The molecule has 0 aromatic carbocycles. The Bertz CT molecular complexity index is 305. The highest BCUT2D eigenvalue weighted by Gasteiger charge is 2.07. The molecule has 0 aliphatic carbocycles. The summed E-state index contributed by atoms with van der Waals surface area (Å²) in [7, 11) is 0. The van der Waals surface area contributed by atoms with Crippen LogP contribution < -0.4 is 16.4 Å². The smallest absolute Gasteiger partial charge is 0.130 e. The van der Waals surface area contributed by atoms with Crippen LogP contribution in [-0.4, -0.2) is 18.1 Å². The van der Waals surface area contributed by atoms with E-state index in [1.165, 1.54) is 0 Å². The molecule has 84 valence electrons. The zero-order valence-corrected chi connectivity index (χ0v) is 9.53. The highest BCUT2D eigenvalue weighted by Crippen LogP contribution is 2.20. The minimum Gasteiger partial charge on any atom is -0.397 e. The molecule has 0 bridgehead atoms. The van der Waals surface area contributed by atoms with Gasteiger partial charge in [0, 0.05) is 19.2 Å². The van der Waals surface area contributed by atoms with Gasteiger partial charge in [0.05, 0.1) is 17.6 Å². The largest absolute Gasteiger partial charge is 0.397 e. The molecule has 15 heavy (non-hydrogen) atoms. The zero-order valence-electron chi connectivity index (χ0n) is 9.53. The molecule has 0 unspecified atom stereocenters. The van der Waals surface area contributed by atoms with Gasteiger partial charge in [0.15, 0.2) is 0 Å². The normalized spacial score (nSPS) is 10.3. The number of rotatable bonds is 5. The van der Waals surface area contributed by atoms with E-state index in [1.807, 2.05) is 6.07 Å². The number of aromatic nitrogens is 1. The topological polar surface area (TPSA) is 68.2 Å². The monoisotopic (exact) mass is 208 g/mol. The minimum atomic E-state index is 0.548. The molecule has 1 aromatic rings. The molecule has 4 nitrogen and oxygen atoms in total. The van der Waals surface area contributed by atoms with Crippen molar-refractivity contribution in [1.29, 1.82) is 0 Å². The van der Waals surface area contributed by atoms with Crippen LogP contribution in [0.25, 0.3) is 0 Å². The number of nitrogens with zero attached hydrogens (tertiary/aromatic N) is 2. The van der Waals surface area contributed by atoms with Crippen molar-refractivity contribution in [1.82, 2.24) is 4.98 Å². The maximum absolute atomic E-state index is 5.76. The van der Waals surface area contributed by atoms with Crippen molar-refractivity contribution >= 4 is 17.2 Å². The van der Waals surface area contributed by atoms with E-state index in [-0.39, 0.29) is 0 Å². The lowest BCUT2D eigenvalue weighted by Gasteiger charge is -2.22. The molecule has 0 fully saturated rings. The summed E-state index contributed by atoms with van der Waals surface area (Å²) in [4.78, 5) is 6.53. The van der Waals surface area contributed by atoms with Gasteiger partial charge in [-0.2, -0.15) is 0 Å². The molecule has 0 amide bonds. The molecule has 1 heterocycles. The summed E-state index contributed by atoms with van der Waals surface area (Å²) < 4.78 is 0. The molecular formula is C11H20N4. The van der Waals surface area contributed by atoms with Crippen molar-refractivity contribution in [3.8, 4) is 0 Å². The first-order valence-electron chi connectivity index (χ1n) is 5.45. The van der Waals surface area contributed by atoms with Crippen LogP contribution in [0.3, 0.4) is 0 Å². The van der Waals surface area contributed by atoms with E-state index in [4.69, 9.17) is 11.5 Å². The Kier molecular flexibility index (Phi) is 4.21. The van der Waals surface area contributed by atoms with E-state index in [9.17, 15) is 0 Å². The molecule has 0 aliphatic rings. The third-order valence-electron chi connectivity index (χ3n) is 2.26. The molecule has 1 aromatic heterocycles. The van der Waals surface area contributed by atoms with Gasteiger partial charge in [-0.3, -0.25) is 0 Å². The highest BCUT2D eigenvalue weighted by molar-refractivity contribution is 5.66. The van der Waals surface area contributed by atoms with E-state index in [2.05, 4.69) is 23.7 Å². The molecule has 0 aliphatic heterocycles. The van der Waals surface area contributed by atoms with Gasteiger partial charge in [0.1, 0.15) is 5.82 Å². The van der Waals surface area contributed by atoms with Crippen LogP contribution in [0.15, 0.2) is 12.3 Å². The highest BCUT2D eigenvalue weighted by atomic mass is 15.2. The molecule has 0 spiro atoms. The predicted molar refractivity (Wildman–Crippen MR) is 65.9 cm³/mol. The lowest BCUT2D eigenvalue weighted by atomic mass is 10.3. The second-order valence-corrected chi connectivity index (χ2v) is 3.66. The summed E-state index contributed by atoms with van der Waals surface area (Å²) in [5, 5.41) is 0. The van der Waals surface area contributed by atoms with Crippen LogP contribution in [0, 0.1) is 0 Å². The van der Waals surface area contributed by atoms with Crippen LogP contribution in [0.1, 0.15) is 26.7 Å². The second-order valence-electron chi connectivity index (χ2n) is 3.66. The Morgan fingerprint density at radius 3 is 2.20 bits per heavy atom. The standard InChI is InChI=1S/C11H20N4/c1-3-5-15(6-4-2)11-7-9(12)10(13)8-14-11/h7-8H,3-6,13H2,1-2H3,(H2,12,14). The van der Waals surface area contributed by atoms with Crippen LogP contribution in [-0.2, 0) is 0 Å². The molecule has 0 saturated heterocycles. The fourth-order valence-corrected chi connectivity index (χ4v) is 1.52. The third-order valence-corrected chi connectivity index (χ3v) is 2.26. The number of hydrogen-bond acceptors (Lipinski definition) is 4. The maximum Gasteiger partial charge on any atom is 0.130 e. The summed E-state index contributed by atoms with van der Waals surface area (Å²) in [5.74, 6) is 0.922. The Labute approximate surface area is 91.3 Å². The predicted octanol–water partition coefficient (Wildman–Crippen LogP) is 1.87. The van der Waals surface area contributed by atoms with E-state index in [0.717, 1.165) is 31.7 Å². The van der Waals surface area contributed by atoms with Crippen LogP contribution in [0.4, 0.5) is 17.2 Å². The van der Waals surface area contributed by atoms with Crippen molar-refractivity contribution in [2.24, 2.45) is 0 Å². The first kappa shape index (κ1) is 11.6. The van der Waals surface area contributed by atoms with Crippen LogP contribution in [0.2, 0.25) is 0 Å². The van der Waals surface area contributed by atoms with E-state index < -0.39 is 0 Å². The summed E-state index contributed by atoms with van der Waals surface area (Å²) in [6.07, 6.45) is 3.83. The quantitative estimate of drug-likeness (QED) is 0.775. The van der Waals surface area contributed by atoms with Gasteiger partial charge in [-0.25, -0.2) is 4.98 Å².